The van der Waals surface area contributed by atoms with Gasteiger partial charge in [-0.05, 0) is 55.3 Å². The van der Waals surface area contributed by atoms with E-state index in [2.05, 4.69) is 31.4 Å². The molecule has 0 radical (unpaired) electrons. The Bertz CT molecular complexity index is 1080. The molecule has 2 aromatic carbocycles. The summed E-state index contributed by atoms with van der Waals surface area (Å²) in [5, 5.41) is 10.0. The second kappa shape index (κ2) is 9.05. The summed E-state index contributed by atoms with van der Waals surface area (Å²) in [6, 6.07) is 11.8. The molecule has 29 heavy (non-hydrogen) atoms. The number of ether oxygens (including phenoxy) is 1. The molecule has 0 saturated heterocycles. The number of methoxy groups -OCH3 is 1. The number of carbonyl (C=O) groups excluding carboxylic acids is 1. The first-order valence-corrected chi connectivity index (χ1v) is 9.89. The lowest BCUT2D eigenvalue weighted by atomic mass is 10.0. The first kappa shape index (κ1) is 20.8. The molecule has 0 aliphatic heterocycles. The number of aromatic amines is 1. The maximum atomic E-state index is 14.5. The number of anilines is 1. The van der Waals surface area contributed by atoms with Crippen LogP contribution in [0.25, 0.3) is 11.6 Å². The normalized spacial score (nSPS) is 11.4. The lowest BCUT2D eigenvalue weighted by molar-refractivity contribution is 0.102. The second-order valence-corrected chi connectivity index (χ2v) is 7.34. The third-order valence-electron chi connectivity index (χ3n) is 4.51. The van der Waals surface area contributed by atoms with E-state index in [0.717, 1.165) is 10.2 Å². The van der Waals surface area contributed by atoms with E-state index in [1.54, 1.807) is 43.3 Å². The van der Waals surface area contributed by atoms with Crippen LogP contribution in [0, 0.1) is 5.82 Å². The fourth-order valence-electron chi connectivity index (χ4n) is 3.06. The van der Waals surface area contributed by atoms with Crippen molar-refractivity contribution in [3.63, 3.8) is 0 Å². The molecule has 0 aliphatic rings. The number of nitrogens with zero attached hydrogens (tertiary/aromatic N) is 1. The number of allylic oxidation sites excluding steroid dienone is 1. The third-order valence-corrected chi connectivity index (χ3v) is 5.00. The highest BCUT2D eigenvalue weighted by Gasteiger charge is 2.17. The van der Waals surface area contributed by atoms with E-state index in [4.69, 9.17) is 4.74 Å². The number of aryl methyl sites for hydroxylation is 1. The molecule has 0 fully saturated rings. The van der Waals surface area contributed by atoms with Gasteiger partial charge < -0.3 is 10.1 Å². The molecule has 1 amide bonds. The largest absolute Gasteiger partial charge is 0.496 e. The highest BCUT2D eigenvalue weighted by Crippen LogP contribution is 2.32. The molecule has 0 aliphatic carbocycles. The molecular weight excluding hydrogens is 437 g/mol. The Morgan fingerprint density at radius 3 is 2.76 bits per heavy atom. The van der Waals surface area contributed by atoms with Crippen molar-refractivity contribution in [2.24, 2.45) is 0 Å². The van der Waals surface area contributed by atoms with Crippen LogP contribution in [0.15, 0.2) is 46.9 Å². The van der Waals surface area contributed by atoms with Crippen molar-refractivity contribution in [2.45, 2.75) is 20.3 Å². The average Bonchev–Trinajstić information content (AvgIpc) is 3.08. The van der Waals surface area contributed by atoms with Crippen LogP contribution >= 0.6 is 15.9 Å². The first-order valence-electron chi connectivity index (χ1n) is 9.10. The molecule has 1 aromatic heterocycles. The summed E-state index contributed by atoms with van der Waals surface area (Å²) in [4.78, 5) is 12.6. The number of aromatic nitrogens is 2. The lowest BCUT2D eigenvalue weighted by Crippen LogP contribution is -2.13. The monoisotopic (exact) mass is 457 g/mol. The van der Waals surface area contributed by atoms with Crippen LogP contribution in [0.5, 0.6) is 5.75 Å². The van der Waals surface area contributed by atoms with Crippen LogP contribution in [0.1, 0.15) is 41.0 Å². The van der Waals surface area contributed by atoms with Crippen LogP contribution in [0.3, 0.4) is 0 Å². The minimum Gasteiger partial charge on any atom is -0.496 e. The topological polar surface area (TPSA) is 67.0 Å². The minimum absolute atomic E-state index is 0.281. The molecule has 0 atom stereocenters. The van der Waals surface area contributed by atoms with Crippen molar-refractivity contribution >= 4 is 39.3 Å². The van der Waals surface area contributed by atoms with Gasteiger partial charge in [-0.2, -0.15) is 5.10 Å². The Morgan fingerprint density at radius 2 is 2.07 bits per heavy atom. The summed E-state index contributed by atoms with van der Waals surface area (Å²) in [7, 11) is 1.50. The minimum atomic E-state index is -0.376. The second-order valence-electron chi connectivity index (χ2n) is 6.43. The molecule has 0 unspecified atom stereocenters. The highest BCUT2D eigenvalue weighted by molar-refractivity contribution is 9.10. The van der Waals surface area contributed by atoms with Gasteiger partial charge in [0, 0.05) is 21.3 Å². The molecule has 3 rings (SSSR count). The molecular formula is C22H21BrFN3O2. The van der Waals surface area contributed by atoms with Gasteiger partial charge in [-0.25, -0.2) is 4.39 Å². The molecule has 0 spiro atoms. The molecule has 1 heterocycles. The van der Waals surface area contributed by atoms with Gasteiger partial charge in [-0.3, -0.25) is 9.89 Å². The number of H-pyrrole nitrogens is 1. The Hall–Kier alpha value is -2.93. The van der Waals surface area contributed by atoms with Gasteiger partial charge in [0.1, 0.15) is 11.6 Å². The van der Waals surface area contributed by atoms with E-state index in [1.165, 1.54) is 13.2 Å². The van der Waals surface area contributed by atoms with Gasteiger partial charge in [-0.1, -0.05) is 35.0 Å². The first-order chi connectivity index (χ1) is 13.9. The lowest BCUT2D eigenvalue weighted by Gasteiger charge is -2.11. The van der Waals surface area contributed by atoms with E-state index >= 15 is 0 Å². The van der Waals surface area contributed by atoms with Crippen molar-refractivity contribution < 1.29 is 13.9 Å². The van der Waals surface area contributed by atoms with E-state index < -0.39 is 0 Å². The van der Waals surface area contributed by atoms with Crippen LogP contribution in [-0.4, -0.2) is 23.2 Å². The molecule has 2 N–H and O–H groups in total. The Morgan fingerprint density at radius 1 is 1.31 bits per heavy atom. The van der Waals surface area contributed by atoms with Crippen LogP contribution in [0.4, 0.5) is 10.2 Å². The van der Waals surface area contributed by atoms with Crippen molar-refractivity contribution in [3.05, 3.63) is 75.1 Å². The molecule has 3 aromatic rings. The van der Waals surface area contributed by atoms with Crippen molar-refractivity contribution in [2.75, 3.05) is 12.4 Å². The zero-order valence-corrected chi connectivity index (χ0v) is 17.9. The zero-order valence-electron chi connectivity index (χ0n) is 16.3. The van der Waals surface area contributed by atoms with Gasteiger partial charge in [0.2, 0.25) is 0 Å². The SMILES string of the molecule is CCc1[nH]nc(NC(=O)c2cccc(Br)c2)c1/C=C(\C)c1c(F)cccc1OC. The molecule has 7 heteroatoms. The summed E-state index contributed by atoms with van der Waals surface area (Å²) in [5.41, 5.74) is 3.09. The third kappa shape index (κ3) is 4.56. The molecule has 5 nitrogen and oxygen atoms in total. The number of benzene rings is 2. The zero-order chi connectivity index (χ0) is 21.0. The smallest absolute Gasteiger partial charge is 0.256 e. The molecule has 0 bridgehead atoms. The fourth-order valence-corrected chi connectivity index (χ4v) is 3.46. The van der Waals surface area contributed by atoms with Gasteiger partial charge in [-0.15, -0.1) is 0 Å². The number of halogens is 2. The maximum Gasteiger partial charge on any atom is 0.256 e. The fraction of sp³-hybridized carbons (Fsp3) is 0.182. The van der Waals surface area contributed by atoms with Gasteiger partial charge in [0.25, 0.3) is 5.91 Å². The number of rotatable bonds is 6. The summed E-state index contributed by atoms with van der Waals surface area (Å²) in [6.07, 6.45) is 2.48. The quantitative estimate of drug-likeness (QED) is 0.499. The molecule has 0 saturated carbocycles. The Kier molecular flexibility index (Phi) is 6.49. The van der Waals surface area contributed by atoms with E-state index in [9.17, 15) is 9.18 Å². The van der Waals surface area contributed by atoms with E-state index in [0.29, 0.717) is 40.3 Å². The summed E-state index contributed by atoms with van der Waals surface area (Å²) < 4.78 is 20.6. The summed E-state index contributed by atoms with van der Waals surface area (Å²) >= 11 is 3.37. The van der Waals surface area contributed by atoms with Crippen LogP contribution < -0.4 is 10.1 Å². The van der Waals surface area contributed by atoms with Crippen molar-refractivity contribution in [1.82, 2.24) is 10.2 Å². The predicted molar refractivity (Wildman–Crippen MR) is 117 cm³/mol. The van der Waals surface area contributed by atoms with Gasteiger partial charge in [0.05, 0.1) is 12.7 Å². The maximum absolute atomic E-state index is 14.5. The van der Waals surface area contributed by atoms with Crippen molar-refractivity contribution in [3.8, 4) is 5.75 Å². The Labute approximate surface area is 177 Å². The van der Waals surface area contributed by atoms with Gasteiger partial charge >= 0.3 is 0 Å². The van der Waals surface area contributed by atoms with Crippen LogP contribution in [-0.2, 0) is 6.42 Å². The predicted octanol–water partition coefficient (Wildman–Crippen LogP) is 5.70. The average molecular weight is 458 g/mol. The summed E-state index contributed by atoms with van der Waals surface area (Å²) in [6.45, 7) is 3.77. The van der Waals surface area contributed by atoms with Gasteiger partial charge in [0.15, 0.2) is 5.82 Å². The standard InChI is InChI=1S/C22H21BrFN3O2/c1-4-18-16(11-13(2)20-17(24)9-6-10-19(20)29-3)21(27-26-18)25-22(28)14-7-5-8-15(23)12-14/h5-12H,4H2,1-3H3,(H2,25,26,27,28)/b13-11+. The van der Waals surface area contributed by atoms with E-state index in [1.807, 2.05) is 13.0 Å². The number of amides is 1. The molecule has 150 valence electrons. The Balaban J connectivity index is 1.99. The summed E-state index contributed by atoms with van der Waals surface area (Å²) in [5.74, 6) is 0.178. The van der Waals surface area contributed by atoms with Crippen molar-refractivity contribution in [1.29, 1.82) is 0 Å². The number of hydrogen-bond donors (Lipinski definition) is 2. The van der Waals surface area contributed by atoms with E-state index in [-0.39, 0.29) is 11.7 Å². The highest BCUT2D eigenvalue weighted by atomic mass is 79.9. The van der Waals surface area contributed by atoms with Crippen LogP contribution in [0.2, 0.25) is 0 Å². The number of nitrogens with one attached hydrogen (secondary N) is 2. The number of hydrogen-bond acceptors (Lipinski definition) is 3. The number of carbonyl (C=O) groups is 1.